The quantitative estimate of drug-likeness (QED) is 0.660. The maximum absolute atomic E-state index is 12.4. The van der Waals surface area contributed by atoms with Crippen molar-refractivity contribution >= 4 is 11.6 Å². The third kappa shape index (κ3) is 2.96. The summed E-state index contributed by atoms with van der Waals surface area (Å²) in [6.45, 7) is 7.67. The van der Waals surface area contributed by atoms with Gasteiger partial charge in [-0.1, -0.05) is 6.07 Å². The van der Waals surface area contributed by atoms with Crippen LogP contribution in [0.1, 0.15) is 29.8 Å². The first-order chi connectivity index (χ1) is 9.30. The lowest BCUT2D eigenvalue weighted by atomic mass is 10.0. The lowest BCUT2D eigenvalue weighted by molar-refractivity contribution is -0.385. The molecule has 0 unspecified atom stereocenters. The molecule has 1 fully saturated rings. The van der Waals surface area contributed by atoms with E-state index in [-0.39, 0.29) is 17.1 Å². The average molecular weight is 277 g/mol. The minimum absolute atomic E-state index is 0.00903. The normalized spacial score (nSPS) is 17.9. The first-order valence-corrected chi connectivity index (χ1v) is 6.59. The fourth-order valence-corrected chi connectivity index (χ4v) is 2.44. The van der Waals surface area contributed by atoms with Crippen molar-refractivity contribution in [2.24, 2.45) is 0 Å². The number of aryl methyl sites for hydroxylation is 1. The van der Waals surface area contributed by atoms with E-state index in [1.165, 1.54) is 6.07 Å². The van der Waals surface area contributed by atoms with Crippen molar-refractivity contribution in [3.63, 3.8) is 0 Å². The van der Waals surface area contributed by atoms with Crippen molar-refractivity contribution in [2.45, 2.75) is 26.3 Å². The van der Waals surface area contributed by atoms with Gasteiger partial charge in [-0.05, 0) is 26.8 Å². The molecule has 2 rings (SSSR count). The zero-order valence-corrected chi connectivity index (χ0v) is 12.0. The van der Waals surface area contributed by atoms with Crippen molar-refractivity contribution in [1.29, 1.82) is 0 Å². The predicted octanol–water partition coefficient (Wildman–Crippen LogP) is 1.73. The second-order valence-electron chi connectivity index (χ2n) is 5.80. The molecule has 20 heavy (non-hydrogen) atoms. The molecular formula is C14H19N3O3. The van der Waals surface area contributed by atoms with E-state index < -0.39 is 4.92 Å². The molecule has 1 aliphatic rings. The standard InChI is InChI=1S/C14H19N3O3/c1-10-4-5-11(8-12(10)17(19)20)13(18)16-7-6-15-14(2,3)9-16/h4-5,8,15H,6-7,9H2,1-3H3. The van der Waals surface area contributed by atoms with Crippen LogP contribution in [0.25, 0.3) is 0 Å². The summed E-state index contributed by atoms with van der Waals surface area (Å²) in [4.78, 5) is 24.7. The van der Waals surface area contributed by atoms with Gasteiger partial charge in [0.05, 0.1) is 4.92 Å². The van der Waals surface area contributed by atoms with Gasteiger partial charge in [-0.2, -0.15) is 0 Å². The molecule has 0 saturated carbocycles. The molecular weight excluding hydrogens is 258 g/mol. The van der Waals surface area contributed by atoms with Crippen molar-refractivity contribution in [3.05, 3.63) is 39.4 Å². The molecule has 1 aromatic rings. The van der Waals surface area contributed by atoms with Crippen LogP contribution in [0.4, 0.5) is 5.69 Å². The Morgan fingerprint density at radius 3 is 2.75 bits per heavy atom. The van der Waals surface area contributed by atoms with Gasteiger partial charge < -0.3 is 10.2 Å². The Kier molecular flexibility index (Phi) is 3.76. The number of benzene rings is 1. The largest absolute Gasteiger partial charge is 0.336 e. The zero-order chi connectivity index (χ0) is 14.9. The monoisotopic (exact) mass is 277 g/mol. The van der Waals surface area contributed by atoms with E-state index in [0.717, 1.165) is 6.54 Å². The van der Waals surface area contributed by atoms with Crippen molar-refractivity contribution in [1.82, 2.24) is 10.2 Å². The summed E-state index contributed by atoms with van der Waals surface area (Å²) in [6.07, 6.45) is 0. The van der Waals surface area contributed by atoms with Crippen LogP contribution in [-0.2, 0) is 0 Å². The number of nitro groups is 1. The van der Waals surface area contributed by atoms with Crippen LogP contribution < -0.4 is 5.32 Å². The van der Waals surface area contributed by atoms with Gasteiger partial charge in [0.2, 0.25) is 0 Å². The van der Waals surface area contributed by atoms with Crippen LogP contribution in [0.2, 0.25) is 0 Å². The highest BCUT2D eigenvalue weighted by atomic mass is 16.6. The number of nitrogens with zero attached hydrogens (tertiary/aromatic N) is 2. The number of hydrogen-bond acceptors (Lipinski definition) is 4. The van der Waals surface area contributed by atoms with Gasteiger partial charge >= 0.3 is 0 Å². The van der Waals surface area contributed by atoms with Gasteiger partial charge in [0.1, 0.15) is 0 Å². The molecule has 0 atom stereocenters. The Bertz CT molecular complexity index is 555. The van der Waals surface area contributed by atoms with E-state index in [0.29, 0.717) is 24.2 Å². The lowest BCUT2D eigenvalue weighted by Gasteiger charge is -2.39. The van der Waals surface area contributed by atoms with Crippen molar-refractivity contribution in [2.75, 3.05) is 19.6 Å². The highest BCUT2D eigenvalue weighted by Gasteiger charge is 2.29. The van der Waals surface area contributed by atoms with E-state index in [1.54, 1.807) is 24.0 Å². The molecule has 1 aromatic carbocycles. The Hall–Kier alpha value is -1.95. The fraction of sp³-hybridized carbons (Fsp3) is 0.500. The van der Waals surface area contributed by atoms with E-state index in [4.69, 9.17) is 0 Å². The number of nitro benzene ring substituents is 1. The van der Waals surface area contributed by atoms with Gasteiger partial charge in [0.15, 0.2) is 0 Å². The molecule has 1 heterocycles. The minimum Gasteiger partial charge on any atom is -0.336 e. The van der Waals surface area contributed by atoms with Gasteiger partial charge in [0, 0.05) is 42.4 Å². The maximum Gasteiger partial charge on any atom is 0.273 e. The second-order valence-corrected chi connectivity index (χ2v) is 5.80. The van der Waals surface area contributed by atoms with Gasteiger partial charge in [-0.25, -0.2) is 0 Å². The Balaban J connectivity index is 2.25. The van der Waals surface area contributed by atoms with E-state index >= 15 is 0 Å². The average Bonchev–Trinajstić information content (AvgIpc) is 2.37. The third-order valence-corrected chi connectivity index (χ3v) is 3.51. The molecule has 1 amide bonds. The summed E-state index contributed by atoms with van der Waals surface area (Å²) >= 11 is 0. The molecule has 0 aromatic heterocycles. The topological polar surface area (TPSA) is 75.5 Å². The zero-order valence-electron chi connectivity index (χ0n) is 12.0. The third-order valence-electron chi connectivity index (χ3n) is 3.51. The maximum atomic E-state index is 12.4. The molecule has 6 heteroatoms. The SMILES string of the molecule is Cc1ccc(C(=O)N2CCNC(C)(C)C2)cc1[N+](=O)[O-]. The van der Waals surface area contributed by atoms with Gasteiger partial charge in [-0.15, -0.1) is 0 Å². The molecule has 0 radical (unpaired) electrons. The summed E-state index contributed by atoms with van der Waals surface area (Å²) < 4.78 is 0. The molecule has 1 aliphatic heterocycles. The minimum atomic E-state index is -0.451. The Morgan fingerprint density at radius 2 is 2.15 bits per heavy atom. The molecule has 0 aliphatic carbocycles. The molecule has 0 spiro atoms. The van der Waals surface area contributed by atoms with E-state index in [1.807, 2.05) is 13.8 Å². The molecule has 108 valence electrons. The highest BCUT2D eigenvalue weighted by molar-refractivity contribution is 5.95. The summed E-state index contributed by atoms with van der Waals surface area (Å²) in [7, 11) is 0. The first-order valence-electron chi connectivity index (χ1n) is 6.59. The number of nitrogens with one attached hydrogen (secondary N) is 1. The molecule has 0 bridgehead atoms. The van der Waals surface area contributed by atoms with E-state index in [9.17, 15) is 14.9 Å². The van der Waals surface area contributed by atoms with E-state index in [2.05, 4.69) is 5.32 Å². The molecule has 6 nitrogen and oxygen atoms in total. The summed E-state index contributed by atoms with van der Waals surface area (Å²) in [5.74, 6) is -0.150. The van der Waals surface area contributed by atoms with Crippen molar-refractivity contribution in [3.8, 4) is 0 Å². The predicted molar refractivity (Wildman–Crippen MR) is 75.8 cm³/mol. The number of amides is 1. The van der Waals surface area contributed by atoms with Crippen LogP contribution in [0.3, 0.4) is 0 Å². The van der Waals surface area contributed by atoms with Crippen LogP contribution in [0, 0.1) is 17.0 Å². The number of hydrogen-bond donors (Lipinski definition) is 1. The van der Waals surface area contributed by atoms with Crippen molar-refractivity contribution < 1.29 is 9.72 Å². The van der Waals surface area contributed by atoms with Crippen LogP contribution in [0.5, 0.6) is 0 Å². The van der Waals surface area contributed by atoms with Crippen LogP contribution >= 0.6 is 0 Å². The number of piperazine rings is 1. The second kappa shape index (κ2) is 5.20. The number of rotatable bonds is 2. The number of carbonyl (C=O) groups is 1. The Labute approximate surface area is 117 Å². The summed E-state index contributed by atoms with van der Waals surface area (Å²) in [5, 5.41) is 14.3. The smallest absolute Gasteiger partial charge is 0.273 e. The first kappa shape index (κ1) is 14.5. The van der Waals surface area contributed by atoms with Crippen LogP contribution in [0.15, 0.2) is 18.2 Å². The van der Waals surface area contributed by atoms with Gasteiger partial charge in [-0.3, -0.25) is 14.9 Å². The summed E-state index contributed by atoms with van der Waals surface area (Å²) in [6, 6.07) is 4.64. The highest BCUT2D eigenvalue weighted by Crippen LogP contribution is 2.21. The molecule has 1 saturated heterocycles. The lowest BCUT2D eigenvalue weighted by Crippen LogP contribution is -2.58. The summed E-state index contributed by atoms with van der Waals surface area (Å²) in [5.41, 5.74) is 0.794. The molecule has 1 N–H and O–H groups in total. The number of carbonyl (C=O) groups excluding carboxylic acids is 1. The van der Waals surface area contributed by atoms with Crippen LogP contribution in [-0.4, -0.2) is 40.9 Å². The van der Waals surface area contributed by atoms with Gasteiger partial charge in [0.25, 0.3) is 11.6 Å². The fourth-order valence-electron chi connectivity index (χ4n) is 2.44. The Morgan fingerprint density at radius 1 is 1.45 bits per heavy atom.